The van der Waals surface area contributed by atoms with Crippen molar-refractivity contribution < 1.29 is 13.9 Å². The summed E-state index contributed by atoms with van der Waals surface area (Å²) in [7, 11) is 1.53. The molecule has 2 N–H and O–H groups in total. The van der Waals surface area contributed by atoms with Crippen LogP contribution in [0.2, 0.25) is 0 Å². The summed E-state index contributed by atoms with van der Waals surface area (Å²) >= 11 is 8.97. The molecule has 38 heavy (non-hydrogen) atoms. The van der Waals surface area contributed by atoms with Gasteiger partial charge in [-0.15, -0.1) is 0 Å². The molecule has 5 rings (SSSR count). The molecule has 0 aliphatic rings. The maximum atomic E-state index is 13.1. The van der Waals surface area contributed by atoms with Gasteiger partial charge in [0.2, 0.25) is 5.89 Å². The van der Waals surface area contributed by atoms with Crippen LogP contribution in [0.4, 0.5) is 5.69 Å². The maximum Gasteiger partial charge on any atom is 0.261 e. The Balaban J connectivity index is 1.29. The van der Waals surface area contributed by atoms with Crippen molar-refractivity contribution in [2.24, 2.45) is 0 Å². The molecule has 5 aromatic rings. The SMILES string of the molecule is CC[C@@H](C)c1ccc2oc(-c3ccc(NC(=S)NC(=O)c4cc5ccccc5c(Br)c4OC)cc3)nc2c1. The fourth-order valence-corrected chi connectivity index (χ4v) is 5.24. The first-order valence-electron chi connectivity index (χ1n) is 12.3. The zero-order chi connectivity index (χ0) is 26.8. The highest BCUT2D eigenvalue weighted by Gasteiger charge is 2.19. The van der Waals surface area contributed by atoms with Gasteiger partial charge in [0.15, 0.2) is 10.7 Å². The highest BCUT2D eigenvalue weighted by molar-refractivity contribution is 9.10. The molecule has 6 nitrogen and oxygen atoms in total. The van der Waals surface area contributed by atoms with Gasteiger partial charge in [-0.3, -0.25) is 10.1 Å². The molecule has 0 spiro atoms. The van der Waals surface area contributed by atoms with E-state index in [4.69, 9.17) is 21.4 Å². The Morgan fingerprint density at radius 2 is 1.87 bits per heavy atom. The van der Waals surface area contributed by atoms with E-state index in [2.05, 4.69) is 57.5 Å². The number of hydrogen-bond acceptors (Lipinski definition) is 5. The van der Waals surface area contributed by atoms with E-state index in [1.165, 1.54) is 12.7 Å². The monoisotopic (exact) mass is 587 g/mol. The second-order valence-electron chi connectivity index (χ2n) is 9.03. The number of methoxy groups -OCH3 is 1. The number of ether oxygens (including phenoxy) is 1. The molecule has 0 aliphatic heterocycles. The van der Waals surface area contributed by atoms with Crippen molar-refractivity contribution in [3.63, 3.8) is 0 Å². The molecule has 0 saturated carbocycles. The van der Waals surface area contributed by atoms with Crippen molar-refractivity contribution >= 4 is 66.7 Å². The van der Waals surface area contributed by atoms with E-state index in [9.17, 15) is 4.79 Å². The zero-order valence-electron chi connectivity index (χ0n) is 21.2. The van der Waals surface area contributed by atoms with Crippen LogP contribution in [0.1, 0.15) is 42.1 Å². The summed E-state index contributed by atoms with van der Waals surface area (Å²) in [6.45, 7) is 4.38. The number of nitrogens with zero attached hydrogens (tertiary/aromatic N) is 1. The minimum atomic E-state index is -0.370. The third-order valence-electron chi connectivity index (χ3n) is 6.60. The van der Waals surface area contributed by atoms with Gasteiger partial charge in [0.1, 0.15) is 11.3 Å². The summed E-state index contributed by atoms with van der Waals surface area (Å²) in [5, 5.41) is 7.85. The van der Waals surface area contributed by atoms with Crippen molar-refractivity contribution in [3.05, 3.63) is 88.4 Å². The topological polar surface area (TPSA) is 76.4 Å². The Bertz CT molecular complexity index is 1660. The van der Waals surface area contributed by atoms with Gasteiger partial charge in [-0.1, -0.05) is 44.2 Å². The minimum Gasteiger partial charge on any atom is -0.495 e. The number of fused-ring (bicyclic) bond motifs is 2. The summed E-state index contributed by atoms with van der Waals surface area (Å²) in [5.74, 6) is 1.10. The van der Waals surface area contributed by atoms with Crippen LogP contribution in [-0.2, 0) is 0 Å². The lowest BCUT2D eigenvalue weighted by molar-refractivity contribution is 0.0975. The molecular weight excluding hydrogens is 562 g/mol. The molecule has 1 aromatic heterocycles. The van der Waals surface area contributed by atoms with E-state index in [1.54, 1.807) is 6.07 Å². The molecule has 8 heteroatoms. The van der Waals surface area contributed by atoms with Gasteiger partial charge in [-0.2, -0.15) is 0 Å². The van der Waals surface area contributed by atoms with E-state index in [0.29, 0.717) is 27.6 Å². The first-order chi connectivity index (χ1) is 18.4. The van der Waals surface area contributed by atoms with Crippen LogP contribution in [0.25, 0.3) is 33.3 Å². The second-order valence-corrected chi connectivity index (χ2v) is 10.2. The largest absolute Gasteiger partial charge is 0.495 e. The highest BCUT2D eigenvalue weighted by atomic mass is 79.9. The van der Waals surface area contributed by atoms with Crippen LogP contribution in [0.5, 0.6) is 5.75 Å². The van der Waals surface area contributed by atoms with Crippen LogP contribution in [0.3, 0.4) is 0 Å². The average molecular weight is 589 g/mol. The fraction of sp³-hybridized carbons (Fsp3) is 0.167. The number of hydrogen-bond donors (Lipinski definition) is 2. The van der Waals surface area contributed by atoms with Gasteiger partial charge in [0, 0.05) is 11.3 Å². The number of nitrogens with one attached hydrogen (secondary N) is 2. The van der Waals surface area contributed by atoms with E-state index >= 15 is 0 Å². The summed E-state index contributed by atoms with van der Waals surface area (Å²) in [6.07, 6.45) is 1.07. The van der Waals surface area contributed by atoms with Crippen molar-refractivity contribution in [3.8, 4) is 17.2 Å². The molecule has 1 atom stereocenters. The zero-order valence-corrected chi connectivity index (χ0v) is 23.6. The maximum absolute atomic E-state index is 13.1. The number of benzene rings is 4. The molecule has 0 bridgehead atoms. The number of halogens is 1. The molecule has 0 fully saturated rings. The lowest BCUT2D eigenvalue weighted by Gasteiger charge is -2.14. The number of thiocarbonyl (C=S) groups is 1. The van der Waals surface area contributed by atoms with E-state index in [0.717, 1.165) is 39.5 Å². The smallest absolute Gasteiger partial charge is 0.261 e. The van der Waals surface area contributed by atoms with Crippen molar-refractivity contribution in [1.29, 1.82) is 0 Å². The third kappa shape index (κ3) is 5.14. The minimum absolute atomic E-state index is 0.175. The molecule has 0 radical (unpaired) electrons. The Morgan fingerprint density at radius 1 is 1.11 bits per heavy atom. The second kappa shape index (κ2) is 10.9. The lowest BCUT2D eigenvalue weighted by Crippen LogP contribution is -2.34. The van der Waals surface area contributed by atoms with Gasteiger partial charge < -0.3 is 14.5 Å². The van der Waals surface area contributed by atoms with Crippen molar-refractivity contribution in [2.45, 2.75) is 26.2 Å². The molecule has 192 valence electrons. The molecule has 0 unspecified atom stereocenters. The van der Waals surface area contributed by atoms with Crippen LogP contribution in [0.15, 0.2) is 81.7 Å². The number of carbonyl (C=O) groups excluding carboxylic acids is 1. The van der Waals surface area contributed by atoms with Crippen LogP contribution >= 0.6 is 28.1 Å². The summed E-state index contributed by atoms with van der Waals surface area (Å²) in [4.78, 5) is 17.8. The standard InChI is InChI=1S/C30H26BrN3O3S/c1-4-17(2)19-11-14-25-24(16-19)33-29(37-25)18-9-12-21(13-10-18)32-30(38)34-28(35)23-15-20-7-5-6-8-22(20)26(31)27(23)36-3/h5-17H,4H2,1-3H3,(H2,32,34,35,38)/t17-/m1/s1. The first-order valence-corrected chi connectivity index (χ1v) is 13.5. The quantitative estimate of drug-likeness (QED) is 0.196. The van der Waals surface area contributed by atoms with Crippen molar-refractivity contribution in [1.82, 2.24) is 10.3 Å². The number of rotatable bonds is 6. The van der Waals surface area contributed by atoms with Gasteiger partial charge in [-0.25, -0.2) is 4.98 Å². The van der Waals surface area contributed by atoms with Gasteiger partial charge in [-0.05, 0) is 99.3 Å². The highest BCUT2D eigenvalue weighted by Crippen LogP contribution is 2.36. The van der Waals surface area contributed by atoms with E-state index in [-0.39, 0.29) is 11.0 Å². The third-order valence-corrected chi connectivity index (χ3v) is 7.59. The summed E-state index contributed by atoms with van der Waals surface area (Å²) < 4.78 is 12.2. The number of oxazole rings is 1. The Labute approximate surface area is 234 Å². The van der Waals surface area contributed by atoms with Crippen molar-refractivity contribution in [2.75, 3.05) is 12.4 Å². The van der Waals surface area contributed by atoms with Crippen LogP contribution in [0, 0.1) is 0 Å². The van der Waals surface area contributed by atoms with Crippen LogP contribution < -0.4 is 15.4 Å². The summed E-state index contributed by atoms with van der Waals surface area (Å²) in [6, 6.07) is 23.2. The molecule has 0 aliphatic carbocycles. The Kier molecular flexibility index (Phi) is 7.44. The average Bonchev–Trinajstić information content (AvgIpc) is 3.36. The molecule has 1 heterocycles. The molecule has 1 amide bonds. The van der Waals surface area contributed by atoms with Gasteiger partial charge >= 0.3 is 0 Å². The van der Waals surface area contributed by atoms with E-state index in [1.807, 2.05) is 54.6 Å². The Hall–Kier alpha value is -3.75. The van der Waals surface area contributed by atoms with Gasteiger partial charge in [0.25, 0.3) is 5.91 Å². The van der Waals surface area contributed by atoms with Crippen LogP contribution in [-0.4, -0.2) is 23.1 Å². The number of anilines is 1. The predicted octanol–water partition coefficient (Wildman–Crippen LogP) is 8.06. The molecule has 0 saturated heterocycles. The predicted molar refractivity (Wildman–Crippen MR) is 160 cm³/mol. The number of aromatic nitrogens is 1. The van der Waals surface area contributed by atoms with Gasteiger partial charge in [0.05, 0.1) is 17.1 Å². The van der Waals surface area contributed by atoms with E-state index < -0.39 is 0 Å². The number of amides is 1. The molecular formula is C30H26BrN3O3S. The fourth-order valence-electron chi connectivity index (χ4n) is 4.29. The first kappa shape index (κ1) is 25.9. The number of carbonyl (C=O) groups is 1. The summed E-state index contributed by atoms with van der Waals surface area (Å²) in [5.41, 5.74) is 4.81. The normalized spacial score (nSPS) is 11.9. The molecule has 4 aromatic carbocycles. The Morgan fingerprint density at radius 3 is 2.61 bits per heavy atom. The lowest BCUT2D eigenvalue weighted by atomic mass is 9.98.